The molecule has 1 aliphatic rings. The molecule has 0 radical (unpaired) electrons. The van der Waals surface area contributed by atoms with Crippen molar-refractivity contribution in [3.05, 3.63) is 23.3 Å². The molecule has 0 aromatic carbocycles. The van der Waals surface area contributed by atoms with Gasteiger partial charge in [-0.2, -0.15) is 0 Å². The lowest BCUT2D eigenvalue weighted by Crippen LogP contribution is -2.47. The first-order chi connectivity index (χ1) is 11.9. The minimum atomic E-state index is -0.158. The predicted octanol–water partition coefficient (Wildman–Crippen LogP) is 3.17. The summed E-state index contributed by atoms with van der Waals surface area (Å²) in [6.45, 7) is 7.83. The van der Waals surface area contributed by atoms with Crippen LogP contribution in [0.4, 0.5) is 0 Å². The molecule has 0 aliphatic carbocycles. The molecule has 1 heterocycles. The van der Waals surface area contributed by atoms with Crippen molar-refractivity contribution in [3.8, 4) is 0 Å². The fraction of sp³-hybridized carbons (Fsp3) is 0.700. The van der Waals surface area contributed by atoms with E-state index in [9.17, 15) is 9.59 Å². The van der Waals surface area contributed by atoms with Crippen molar-refractivity contribution >= 4 is 11.9 Å². The number of carbonyl (C=O) groups excluding carboxylic acids is 2. The van der Waals surface area contributed by atoms with Gasteiger partial charge >= 0.3 is 5.97 Å². The molecule has 25 heavy (non-hydrogen) atoms. The molecule has 0 bridgehead atoms. The third-order valence-electron chi connectivity index (χ3n) is 4.69. The summed E-state index contributed by atoms with van der Waals surface area (Å²) in [6.07, 6.45) is 8.98. The van der Waals surface area contributed by atoms with E-state index in [2.05, 4.69) is 42.7 Å². The zero-order valence-electron chi connectivity index (χ0n) is 16.3. The van der Waals surface area contributed by atoms with Gasteiger partial charge in [0.2, 0.25) is 5.91 Å². The number of hydrogen-bond donors (Lipinski definition) is 0. The summed E-state index contributed by atoms with van der Waals surface area (Å²) in [5.41, 5.74) is 2.55. The second-order valence-electron chi connectivity index (χ2n) is 6.94. The Hall–Kier alpha value is -1.62. The van der Waals surface area contributed by atoms with Gasteiger partial charge in [0.1, 0.15) is 0 Å². The molecule has 0 saturated carbocycles. The monoisotopic (exact) mass is 350 g/mol. The predicted molar refractivity (Wildman–Crippen MR) is 101 cm³/mol. The number of amides is 1. The Bertz CT molecular complexity index is 489. The standard InChI is InChI=1S/C20H34N2O3/c1-17(7-5-8-18(2)11-12-20(24)25-4)9-6-10-19(23)22-15-13-21(3)14-16-22/h8-9H,5-7,10-16H2,1-4H3/b17-9+,18-8-. The molecule has 0 spiro atoms. The number of ether oxygens (including phenoxy) is 1. The van der Waals surface area contributed by atoms with E-state index in [1.807, 2.05) is 4.90 Å². The number of methoxy groups -OCH3 is 1. The maximum atomic E-state index is 12.2. The van der Waals surface area contributed by atoms with E-state index in [0.717, 1.165) is 51.9 Å². The summed E-state index contributed by atoms with van der Waals surface area (Å²) in [5, 5.41) is 0. The zero-order valence-corrected chi connectivity index (χ0v) is 16.3. The highest BCUT2D eigenvalue weighted by atomic mass is 16.5. The first-order valence-corrected chi connectivity index (χ1v) is 9.26. The molecule has 0 aromatic heterocycles. The molecule has 0 atom stereocenters. The fourth-order valence-corrected chi connectivity index (χ4v) is 2.81. The van der Waals surface area contributed by atoms with Gasteiger partial charge in [0, 0.05) is 39.0 Å². The Labute approximate surface area is 152 Å². The van der Waals surface area contributed by atoms with Crippen molar-refractivity contribution in [1.82, 2.24) is 9.80 Å². The van der Waals surface area contributed by atoms with Crippen molar-refractivity contribution in [2.75, 3.05) is 40.3 Å². The van der Waals surface area contributed by atoms with E-state index >= 15 is 0 Å². The molecule has 5 nitrogen and oxygen atoms in total. The van der Waals surface area contributed by atoms with Crippen LogP contribution in [0.5, 0.6) is 0 Å². The quantitative estimate of drug-likeness (QED) is 0.473. The number of likely N-dealkylation sites (N-methyl/N-ethyl adjacent to an activating group) is 1. The summed E-state index contributed by atoms with van der Waals surface area (Å²) in [7, 11) is 3.52. The first-order valence-electron chi connectivity index (χ1n) is 9.26. The fourth-order valence-electron chi connectivity index (χ4n) is 2.81. The highest BCUT2D eigenvalue weighted by molar-refractivity contribution is 5.76. The van der Waals surface area contributed by atoms with Crippen LogP contribution in [0.25, 0.3) is 0 Å². The number of piperazine rings is 1. The van der Waals surface area contributed by atoms with Crippen molar-refractivity contribution in [2.45, 2.75) is 52.4 Å². The van der Waals surface area contributed by atoms with Gasteiger partial charge in [-0.05, 0) is 46.6 Å². The Morgan fingerprint density at radius 1 is 0.880 bits per heavy atom. The average molecular weight is 351 g/mol. The number of allylic oxidation sites excluding steroid dienone is 4. The van der Waals surface area contributed by atoms with Crippen LogP contribution < -0.4 is 0 Å². The van der Waals surface area contributed by atoms with Gasteiger partial charge in [0.05, 0.1) is 7.11 Å². The Morgan fingerprint density at radius 3 is 2.04 bits per heavy atom. The lowest BCUT2D eigenvalue weighted by atomic mass is 10.1. The molecule has 1 amide bonds. The topological polar surface area (TPSA) is 49.9 Å². The summed E-state index contributed by atoms with van der Waals surface area (Å²) < 4.78 is 4.65. The molecule has 0 N–H and O–H groups in total. The van der Waals surface area contributed by atoms with Crippen LogP contribution in [0, 0.1) is 0 Å². The summed E-state index contributed by atoms with van der Waals surface area (Å²) >= 11 is 0. The van der Waals surface area contributed by atoms with E-state index in [-0.39, 0.29) is 11.9 Å². The maximum absolute atomic E-state index is 12.2. The molecule has 0 unspecified atom stereocenters. The van der Waals surface area contributed by atoms with Gasteiger partial charge < -0.3 is 14.5 Å². The summed E-state index contributed by atoms with van der Waals surface area (Å²) in [4.78, 5) is 27.5. The largest absolute Gasteiger partial charge is 0.469 e. The molecule has 0 aromatic rings. The van der Waals surface area contributed by atoms with Crippen LogP contribution >= 0.6 is 0 Å². The lowest BCUT2D eigenvalue weighted by Gasteiger charge is -2.32. The van der Waals surface area contributed by atoms with Crippen LogP contribution in [0.2, 0.25) is 0 Å². The lowest BCUT2D eigenvalue weighted by molar-refractivity contribution is -0.140. The molecule has 1 rings (SSSR count). The van der Waals surface area contributed by atoms with Crippen LogP contribution in [-0.4, -0.2) is 62.0 Å². The number of hydrogen-bond acceptors (Lipinski definition) is 4. The summed E-state index contributed by atoms with van der Waals surface area (Å²) in [5.74, 6) is 0.115. The van der Waals surface area contributed by atoms with Gasteiger partial charge in [-0.3, -0.25) is 9.59 Å². The third-order valence-corrected chi connectivity index (χ3v) is 4.69. The minimum Gasteiger partial charge on any atom is -0.469 e. The van der Waals surface area contributed by atoms with Gasteiger partial charge in [0.25, 0.3) is 0 Å². The van der Waals surface area contributed by atoms with Crippen LogP contribution in [0.3, 0.4) is 0 Å². The Morgan fingerprint density at radius 2 is 1.44 bits per heavy atom. The molecule has 1 aliphatic heterocycles. The van der Waals surface area contributed by atoms with E-state index in [1.165, 1.54) is 18.3 Å². The number of esters is 1. The minimum absolute atomic E-state index is 0.158. The van der Waals surface area contributed by atoms with E-state index in [0.29, 0.717) is 12.8 Å². The van der Waals surface area contributed by atoms with Crippen molar-refractivity contribution < 1.29 is 14.3 Å². The smallest absolute Gasteiger partial charge is 0.305 e. The SMILES string of the molecule is COC(=O)CC/C(C)=C\CC/C(C)=C/CCC(=O)N1CCN(C)CC1. The molecule has 5 heteroatoms. The number of nitrogens with zero attached hydrogens (tertiary/aromatic N) is 2. The van der Waals surface area contributed by atoms with Crippen LogP contribution in [-0.2, 0) is 14.3 Å². The molecular weight excluding hydrogens is 316 g/mol. The number of rotatable bonds is 9. The average Bonchev–Trinajstić information content (AvgIpc) is 2.60. The molecule has 1 saturated heterocycles. The third kappa shape index (κ3) is 9.44. The van der Waals surface area contributed by atoms with E-state index in [4.69, 9.17) is 0 Å². The maximum Gasteiger partial charge on any atom is 0.305 e. The van der Waals surface area contributed by atoms with Crippen LogP contribution in [0.1, 0.15) is 52.4 Å². The Balaban J connectivity index is 2.20. The van der Waals surface area contributed by atoms with Crippen molar-refractivity contribution in [1.29, 1.82) is 0 Å². The summed E-state index contributed by atoms with van der Waals surface area (Å²) in [6, 6.07) is 0. The van der Waals surface area contributed by atoms with Gasteiger partial charge in [-0.15, -0.1) is 0 Å². The second-order valence-corrected chi connectivity index (χ2v) is 6.94. The molecular formula is C20H34N2O3. The van der Waals surface area contributed by atoms with Gasteiger partial charge in [-0.1, -0.05) is 23.3 Å². The highest BCUT2D eigenvalue weighted by Crippen LogP contribution is 2.12. The van der Waals surface area contributed by atoms with Crippen molar-refractivity contribution in [2.24, 2.45) is 0 Å². The molecule has 1 fully saturated rings. The first kappa shape index (κ1) is 21.4. The van der Waals surface area contributed by atoms with Gasteiger partial charge in [0.15, 0.2) is 0 Å². The zero-order chi connectivity index (χ0) is 18.7. The van der Waals surface area contributed by atoms with E-state index in [1.54, 1.807) is 0 Å². The Kier molecular flexibility index (Phi) is 10.2. The van der Waals surface area contributed by atoms with E-state index < -0.39 is 0 Å². The second kappa shape index (κ2) is 11.9. The normalized spacial score (nSPS) is 16.9. The number of carbonyl (C=O) groups is 2. The van der Waals surface area contributed by atoms with Gasteiger partial charge in [-0.25, -0.2) is 0 Å². The van der Waals surface area contributed by atoms with Crippen molar-refractivity contribution in [3.63, 3.8) is 0 Å². The highest BCUT2D eigenvalue weighted by Gasteiger charge is 2.17. The van der Waals surface area contributed by atoms with Crippen LogP contribution in [0.15, 0.2) is 23.3 Å². The molecule has 142 valence electrons.